The van der Waals surface area contributed by atoms with Gasteiger partial charge < -0.3 is 0 Å². The molecule has 3 rings (SSSR count). The van der Waals surface area contributed by atoms with E-state index in [1.165, 1.54) is 48.3 Å². The molecule has 7 heteroatoms. The number of hydrogen-bond acceptors (Lipinski definition) is 4. The molecule has 0 aliphatic heterocycles. The molecule has 118 valence electrons. The first kappa shape index (κ1) is 15.4. The predicted molar refractivity (Wildman–Crippen MR) is 84.4 cm³/mol. The highest BCUT2D eigenvalue weighted by Gasteiger charge is 2.16. The molecule has 6 nitrogen and oxygen atoms in total. The van der Waals surface area contributed by atoms with Gasteiger partial charge in [-0.05, 0) is 36.2 Å². The van der Waals surface area contributed by atoms with Crippen molar-refractivity contribution >= 4 is 6.29 Å². The molecule has 2 heterocycles. The second-order valence-electron chi connectivity index (χ2n) is 5.11. The SMILES string of the molecule is Cc1c(-c2c[nH]n(-c3ccc(C=O)cn3)c2=O)ccc(C#N)c1F. The lowest BCUT2D eigenvalue weighted by molar-refractivity contribution is 0.112. The van der Waals surface area contributed by atoms with Crippen LogP contribution in [0.2, 0.25) is 0 Å². The fraction of sp³-hybridized carbons (Fsp3) is 0.0588. The number of rotatable bonds is 3. The molecule has 0 spiro atoms. The van der Waals surface area contributed by atoms with Gasteiger partial charge in [0.1, 0.15) is 11.9 Å². The summed E-state index contributed by atoms with van der Waals surface area (Å²) in [6, 6.07) is 7.70. The average Bonchev–Trinajstić information content (AvgIpc) is 2.99. The maximum absolute atomic E-state index is 14.1. The quantitative estimate of drug-likeness (QED) is 0.749. The first-order valence-electron chi connectivity index (χ1n) is 6.98. The van der Waals surface area contributed by atoms with Crippen molar-refractivity contribution in [3.63, 3.8) is 0 Å². The Labute approximate surface area is 135 Å². The number of H-pyrrole nitrogens is 1. The van der Waals surface area contributed by atoms with Crippen LogP contribution >= 0.6 is 0 Å². The van der Waals surface area contributed by atoms with Gasteiger partial charge in [-0.1, -0.05) is 6.07 Å². The van der Waals surface area contributed by atoms with Crippen molar-refractivity contribution in [1.29, 1.82) is 5.26 Å². The number of pyridine rings is 1. The zero-order valence-corrected chi connectivity index (χ0v) is 12.6. The number of halogens is 1. The first-order valence-corrected chi connectivity index (χ1v) is 6.98. The third-order valence-electron chi connectivity index (χ3n) is 3.70. The second kappa shape index (κ2) is 5.93. The van der Waals surface area contributed by atoms with Gasteiger partial charge in [-0.25, -0.2) is 14.1 Å². The van der Waals surface area contributed by atoms with Crippen LogP contribution in [0.1, 0.15) is 21.5 Å². The van der Waals surface area contributed by atoms with Gasteiger partial charge in [0.25, 0.3) is 5.56 Å². The van der Waals surface area contributed by atoms with Crippen molar-refractivity contribution < 1.29 is 9.18 Å². The zero-order valence-electron chi connectivity index (χ0n) is 12.6. The number of aromatic amines is 1. The van der Waals surface area contributed by atoms with E-state index in [1.807, 2.05) is 0 Å². The molecule has 0 aliphatic carbocycles. The Morgan fingerprint density at radius 2 is 2.08 bits per heavy atom. The molecule has 24 heavy (non-hydrogen) atoms. The molecule has 0 unspecified atom stereocenters. The van der Waals surface area contributed by atoms with Gasteiger partial charge in [0, 0.05) is 18.0 Å². The van der Waals surface area contributed by atoms with Crippen LogP contribution in [0.5, 0.6) is 0 Å². The average molecular weight is 322 g/mol. The molecule has 0 fully saturated rings. The van der Waals surface area contributed by atoms with E-state index in [-0.39, 0.29) is 16.7 Å². The first-order chi connectivity index (χ1) is 11.6. The van der Waals surface area contributed by atoms with Gasteiger partial charge in [0.05, 0.1) is 11.1 Å². The van der Waals surface area contributed by atoms with E-state index in [2.05, 4.69) is 10.1 Å². The molecule has 0 radical (unpaired) electrons. The van der Waals surface area contributed by atoms with E-state index in [9.17, 15) is 14.0 Å². The lowest BCUT2D eigenvalue weighted by atomic mass is 10.0. The minimum atomic E-state index is -0.643. The number of aromatic nitrogens is 3. The van der Waals surface area contributed by atoms with Crippen LogP contribution in [0.4, 0.5) is 4.39 Å². The fourth-order valence-corrected chi connectivity index (χ4v) is 2.40. The number of benzene rings is 1. The highest BCUT2D eigenvalue weighted by molar-refractivity contribution is 5.74. The number of nitrogens with zero attached hydrogens (tertiary/aromatic N) is 3. The summed E-state index contributed by atoms with van der Waals surface area (Å²) in [4.78, 5) is 27.3. The number of carbonyl (C=O) groups is 1. The summed E-state index contributed by atoms with van der Waals surface area (Å²) in [5, 5.41) is 11.6. The van der Waals surface area contributed by atoms with Crippen LogP contribution in [-0.2, 0) is 0 Å². The normalized spacial score (nSPS) is 10.4. The fourth-order valence-electron chi connectivity index (χ4n) is 2.40. The molecule has 3 aromatic rings. The lowest BCUT2D eigenvalue weighted by Gasteiger charge is -2.05. The third-order valence-corrected chi connectivity index (χ3v) is 3.70. The molecule has 1 aromatic carbocycles. The van der Waals surface area contributed by atoms with Crippen molar-refractivity contribution in [2.45, 2.75) is 6.92 Å². The van der Waals surface area contributed by atoms with Crippen LogP contribution in [0.25, 0.3) is 16.9 Å². The number of aldehydes is 1. The van der Waals surface area contributed by atoms with Gasteiger partial charge in [0.15, 0.2) is 12.1 Å². The molecular weight excluding hydrogens is 311 g/mol. The Hall–Kier alpha value is -3.53. The number of nitriles is 1. The molecule has 0 aliphatic rings. The van der Waals surface area contributed by atoms with Gasteiger partial charge in [-0.15, -0.1) is 0 Å². The topological polar surface area (TPSA) is 91.5 Å². The Balaban J connectivity index is 2.11. The molecule has 0 amide bonds. The second-order valence-corrected chi connectivity index (χ2v) is 5.11. The highest BCUT2D eigenvalue weighted by Crippen LogP contribution is 2.24. The third kappa shape index (κ3) is 2.40. The summed E-state index contributed by atoms with van der Waals surface area (Å²) >= 11 is 0. The molecule has 2 aromatic heterocycles. The minimum absolute atomic E-state index is 0.0711. The van der Waals surface area contributed by atoms with Crippen molar-refractivity contribution in [2.75, 3.05) is 0 Å². The van der Waals surface area contributed by atoms with Gasteiger partial charge >= 0.3 is 0 Å². The highest BCUT2D eigenvalue weighted by atomic mass is 19.1. The predicted octanol–water partition coefficient (Wildman–Crippen LogP) is 2.36. The van der Waals surface area contributed by atoms with Crippen LogP contribution in [0.3, 0.4) is 0 Å². The van der Waals surface area contributed by atoms with E-state index >= 15 is 0 Å². The van der Waals surface area contributed by atoms with Crippen molar-refractivity contribution in [3.05, 3.63) is 69.5 Å². The molecule has 0 atom stereocenters. The summed E-state index contributed by atoms with van der Waals surface area (Å²) in [5.41, 5.74) is 0.796. The standard InChI is InChI=1S/C17H11FN4O2/c1-10-13(4-3-12(6-19)16(10)18)14-8-21-22(17(14)24)15-5-2-11(9-23)7-20-15/h2-5,7-9,21H,1H3. The Morgan fingerprint density at radius 3 is 2.71 bits per heavy atom. The zero-order chi connectivity index (χ0) is 17.3. The summed E-state index contributed by atoms with van der Waals surface area (Å²) in [6.45, 7) is 1.51. The van der Waals surface area contributed by atoms with E-state index in [0.29, 0.717) is 23.2 Å². The van der Waals surface area contributed by atoms with Crippen molar-refractivity contribution in [3.8, 4) is 23.0 Å². The van der Waals surface area contributed by atoms with Gasteiger partial charge in [-0.2, -0.15) is 5.26 Å². The van der Waals surface area contributed by atoms with Crippen LogP contribution in [-0.4, -0.2) is 21.1 Å². The smallest absolute Gasteiger partial charge is 0.280 e. The summed E-state index contributed by atoms with van der Waals surface area (Å²) < 4.78 is 15.3. The number of hydrogen-bond donors (Lipinski definition) is 1. The van der Waals surface area contributed by atoms with Gasteiger partial charge in [-0.3, -0.25) is 14.7 Å². The molecule has 1 N–H and O–H groups in total. The molecular formula is C17H11FN4O2. The maximum atomic E-state index is 14.1. The number of nitrogens with one attached hydrogen (secondary N) is 1. The van der Waals surface area contributed by atoms with E-state index in [0.717, 1.165) is 0 Å². The van der Waals surface area contributed by atoms with Gasteiger partial charge in [0.2, 0.25) is 0 Å². The van der Waals surface area contributed by atoms with Crippen LogP contribution in [0, 0.1) is 24.1 Å². The molecule has 0 bridgehead atoms. The Kier molecular flexibility index (Phi) is 3.80. The van der Waals surface area contributed by atoms with E-state index in [4.69, 9.17) is 5.26 Å². The van der Waals surface area contributed by atoms with Crippen molar-refractivity contribution in [1.82, 2.24) is 14.8 Å². The van der Waals surface area contributed by atoms with Crippen LogP contribution < -0.4 is 5.56 Å². The number of carbonyl (C=O) groups excluding carboxylic acids is 1. The van der Waals surface area contributed by atoms with E-state index < -0.39 is 11.4 Å². The lowest BCUT2D eigenvalue weighted by Crippen LogP contribution is -2.17. The van der Waals surface area contributed by atoms with Crippen molar-refractivity contribution in [2.24, 2.45) is 0 Å². The molecule has 0 saturated carbocycles. The summed E-state index contributed by atoms with van der Waals surface area (Å²) in [5.74, 6) is -0.334. The maximum Gasteiger partial charge on any atom is 0.280 e. The minimum Gasteiger partial charge on any atom is -0.298 e. The largest absolute Gasteiger partial charge is 0.298 e. The monoisotopic (exact) mass is 322 g/mol. The Morgan fingerprint density at radius 1 is 1.29 bits per heavy atom. The summed E-state index contributed by atoms with van der Waals surface area (Å²) in [6.07, 6.45) is 3.45. The molecule has 0 saturated heterocycles. The Bertz CT molecular complexity index is 1030. The van der Waals surface area contributed by atoms with E-state index in [1.54, 1.807) is 6.07 Å². The van der Waals surface area contributed by atoms with Crippen LogP contribution in [0.15, 0.2) is 41.5 Å². The summed E-state index contributed by atoms with van der Waals surface area (Å²) in [7, 11) is 0.